The van der Waals surface area contributed by atoms with Gasteiger partial charge in [-0.3, -0.25) is 0 Å². The number of nitrogens with zero attached hydrogens (tertiary/aromatic N) is 1. The van der Waals surface area contributed by atoms with Crippen LogP contribution in [0.25, 0.3) is 0 Å². The molecule has 0 aromatic carbocycles. The lowest BCUT2D eigenvalue weighted by Gasteiger charge is -2.39. The quantitative estimate of drug-likeness (QED) is 0.646. The third kappa shape index (κ3) is 2.01. The molecule has 1 saturated heterocycles. The van der Waals surface area contributed by atoms with Gasteiger partial charge in [-0.2, -0.15) is 0 Å². The zero-order valence-corrected chi connectivity index (χ0v) is 9.13. The molecule has 0 spiro atoms. The summed E-state index contributed by atoms with van der Waals surface area (Å²) >= 11 is 0. The van der Waals surface area contributed by atoms with E-state index in [4.69, 9.17) is 0 Å². The fourth-order valence-corrected chi connectivity index (χ4v) is 2.57. The largest absolute Gasteiger partial charge is 0.385 e. The lowest BCUT2D eigenvalue weighted by molar-refractivity contribution is 0.0124. The molecule has 0 aromatic rings. The molecule has 14 heavy (non-hydrogen) atoms. The van der Waals surface area contributed by atoms with E-state index in [0.717, 1.165) is 32.4 Å². The molecular weight excluding hydrogens is 174 g/mol. The maximum Gasteiger partial charge on any atom is 0.0881 e. The smallest absolute Gasteiger partial charge is 0.0881 e. The van der Waals surface area contributed by atoms with Gasteiger partial charge in [0.1, 0.15) is 0 Å². The minimum absolute atomic E-state index is 0.451. The second-order valence-electron chi connectivity index (χ2n) is 4.81. The van der Waals surface area contributed by atoms with Crippen molar-refractivity contribution in [2.45, 2.75) is 44.1 Å². The fourth-order valence-electron chi connectivity index (χ4n) is 2.57. The normalized spacial score (nSPS) is 28.6. The molecule has 0 radical (unpaired) electrons. The summed E-state index contributed by atoms with van der Waals surface area (Å²) in [7, 11) is 2.13. The molecule has 0 saturated carbocycles. The standard InChI is InChI=1S/C12H21NO/c1-13-9-7-12(14,8-10-13)11-5-3-2-4-6-11/h5,14H,2-4,6-10H2,1H3. The first-order valence-corrected chi connectivity index (χ1v) is 5.81. The van der Waals surface area contributed by atoms with Crippen LogP contribution in [0.2, 0.25) is 0 Å². The van der Waals surface area contributed by atoms with Crippen LogP contribution < -0.4 is 0 Å². The molecule has 80 valence electrons. The molecule has 0 bridgehead atoms. The third-order valence-corrected chi connectivity index (χ3v) is 3.70. The van der Waals surface area contributed by atoms with Crippen LogP contribution in [0.15, 0.2) is 11.6 Å². The van der Waals surface area contributed by atoms with Crippen molar-refractivity contribution in [3.05, 3.63) is 11.6 Å². The molecule has 1 N–H and O–H groups in total. The molecular formula is C12H21NO. The summed E-state index contributed by atoms with van der Waals surface area (Å²) in [5, 5.41) is 10.5. The number of hydrogen-bond donors (Lipinski definition) is 1. The van der Waals surface area contributed by atoms with Gasteiger partial charge in [-0.1, -0.05) is 6.08 Å². The van der Waals surface area contributed by atoms with Gasteiger partial charge in [-0.15, -0.1) is 0 Å². The second-order valence-corrected chi connectivity index (χ2v) is 4.81. The van der Waals surface area contributed by atoms with Gasteiger partial charge in [0.2, 0.25) is 0 Å². The van der Waals surface area contributed by atoms with E-state index in [0.29, 0.717) is 0 Å². The number of allylic oxidation sites excluding steroid dienone is 1. The van der Waals surface area contributed by atoms with Crippen molar-refractivity contribution in [3.63, 3.8) is 0 Å². The Hall–Kier alpha value is -0.340. The highest BCUT2D eigenvalue weighted by molar-refractivity contribution is 5.19. The topological polar surface area (TPSA) is 23.5 Å². The molecule has 2 nitrogen and oxygen atoms in total. The number of hydrogen-bond acceptors (Lipinski definition) is 2. The first-order chi connectivity index (χ1) is 6.71. The molecule has 0 aromatic heterocycles. The maximum absolute atomic E-state index is 10.5. The van der Waals surface area contributed by atoms with Crippen LogP contribution in [0.1, 0.15) is 38.5 Å². The van der Waals surface area contributed by atoms with Gasteiger partial charge < -0.3 is 10.0 Å². The van der Waals surface area contributed by atoms with E-state index in [1.54, 1.807) is 0 Å². The first kappa shape index (κ1) is 10.2. The summed E-state index contributed by atoms with van der Waals surface area (Å²) in [6, 6.07) is 0. The fraction of sp³-hybridized carbons (Fsp3) is 0.833. The lowest BCUT2D eigenvalue weighted by Crippen LogP contribution is -2.44. The molecule has 2 rings (SSSR count). The molecule has 0 unspecified atom stereocenters. The molecule has 1 aliphatic carbocycles. The van der Waals surface area contributed by atoms with Crippen LogP contribution in [-0.4, -0.2) is 35.7 Å². The summed E-state index contributed by atoms with van der Waals surface area (Å²) in [4.78, 5) is 2.30. The third-order valence-electron chi connectivity index (χ3n) is 3.70. The predicted octanol–water partition coefficient (Wildman–Crippen LogP) is 1.94. The van der Waals surface area contributed by atoms with Gasteiger partial charge in [-0.25, -0.2) is 0 Å². The van der Waals surface area contributed by atoms with Crippen LogP contribution in [0, 0.1) is 0 Å². The number of rotatable bonds is 1. The summed E-state index contributed by atoms with van der Waals surface area (Å²) in [6.07, 6.45) is 9.01. The predicted molar refractivity (Wildman–Crippen MR) is 58.2 cm³/mol. The van der Waals surface area contributed by atoms with Crippen molar-refractivity contribution in [1.29, 1.82) is 0 Å². The summed E-state index contributed by atoms with van der Waals surface area (Å²) in [6.45, 7) is 2.07. The first-order valence-electron chi connectivity index (χ1n) is 5.81. The summed E-state index contributed by atoms with van der Waals surface area (Å²) in [5.74, 6) is 0. The van der Waals surface area contributed by atoms with Crippen molar-refractivity contribution >= 4 is 0 Å². The Bertz CT molecular complexity index is 226. The Labute approximate surface area is 86.6 Å². The van der Waals surface area contributed by atoms with Crippen LogP contribution in [0.3, 0.4) is 0 Å². The van der Waals surface area contributed by atoms with E-state index in [1.165, 1.54) is 24.8 Å². The Morgan fingerprint density at radius 2 is 2.00 bits per heavy atom. The highest BCUT2D eigenvalue weighted by atomic mass is 16.3. The molecule has 0 atom stereocenters. The Balaban J connectivity index is 2.04. The van der Waals surface area contributed by atoms with Gasteiger partial charge >= 0.3 is 0 Å². The van der Waals surface area contributed by atoms with Gasteiger partial charge in [-0.05, 0) is 51.1 Å². The Morgan fingerprint density at radius 3 is 2.57 bits per heavy atom. The van der Waals surface area contributed by atoms with Gasteiger partial charge in [0, 0.05) is 13.1 Å². The summed E-state index contributed by atoms with van der Waals surface area (Å²) < 4.78 is 0. The minimum atomic E-state index is -0.451. The van der Waals surface area contributed by atoms with Crippen molar-refractivity contribution < 1.29 is 5.11 Å². The van der Waals surface area contributed by atoms with E-state index in [-0.39, 0.29) is 0 Å². The van der Waals surface area contributed by atoms with Crippen LogP contribution in [-0.2, 0) is 0 Å². The molecule has 1 fully saturated rings. The number of piperidine rings is 1. The van der Waals surface area contributed by atoms with Crippen LogP contribution in [0.5, 0.6) is 0 Å². The average Bonchev–Trinajstić information content (AvgIpc) is 2.24. The van der Waals surface area contributed by atoms with Crippen LogP contribution in [0.4, 0.5) is 0 Å². The maximum atomic E-state index is 10.5. The molecule has 0 amide bonds. The van der Waals surface area contributed by atoms with E-state index >= 15 is 0 Å². The number of likely N-dealkylation sites (tertiary alicyclic amines) is 1. The molecule has 1 heterocycles. The van der Waals surface area contributed by atoms with Gasteiger partial charge in [0.25, 0.3) is 0 Å². The average molecular weight is 195 g/mol. The van der Waals surface area contributed by atoms with Crippen molar-refractivity contribution in [3.8, 4) is 0 Å². The summed E-state index contributed by atoms with van der Waals surface area (Å²) in [5.41, 5.74) is 0.879. The second kappa shape index (κ2) is 4.03. The molecule has 2 aliphatic rings. The van der Waals surface area contributed by atoms with Crippen molar-refractivity contribution in [2.75, 3.05) is 20.1 Å². The molecule has 1 aliphatic heterocycles. The highest BCUT2D eigenvalue weighted by Gasteiger charge is 2.34. The zero-order valence-electron chi connectivity index (χ0n) is 9.13. The van der Waals surface area contributed by atoms with Crippen molar-refractivity contribution in [2.24, 2.45) is 0 Å². The number of aliphatic hydroxyl groups is 1. The zero-order chi connectivity index (χ0) is 10.0. The lowest BCUT2D eigenvalue weighted by atomic mass is 9.79. The Kier molecular flexibility index (Phi) is 2.93. The van der Waals surface area contributed by atoms with E-state index in [1.807, 2.05) is 0 Å². The Morgan fingerprint density at radius 1 is 1.29 bits per heavy atom. The van der Waals surface area contributed by atoms with Gasteiger partial charge in [0.15, 0.2) is 0 Å². The van der Waals surface area contributed by atoms with Crippen molar-refractivity contribution in [1.82, 2.24) is 4.90 Å². The van der Waals surface area contributed by atoms with E-state index in [2.05, 4.69) is 18.0 Å². The highest BCUT2D eigenvalue weighted by Crippen LogP contribution is 2.34. The minimum Gasteiger partial charge on any atom is -0.385 e. The van der Waals surface area contributed by atoms with Gasteiger partial charge in [0.05, 0.1) is 5.60 Å². The van der Waals surface area contributed by atoms with E-state index < -0.39 is 5.60 Å². The van der Waals surface area contributed by atoms with E-state index in [9.17, 15) is 5.11 Å². The molecule has 2 heteroatoms. The monoisotopic (exact) mass is 195 g/mol. The van der Waals surface area contributed by atoms with Crippen LogP contribution >= 0.6 is 0 Å². The SMILES string of the molecule is CN1CCC(O)(C2=CCCCC2)CC1.